The molecule has 190 valence electrons. The van der Waals surface area contributed by atoms with Gasteiger partial charge in [0.2, 0.25) is 0 Å². The van der Waals surface area contributed by atoms with Crippen molar-refractivity contribution < 1.29 is 13.9 Å². The lowest BCUT2D eigenvalue weighted by Crippen LogP contribution is -2.56. The first-order chi connectivity index (χ1) is 18.8. The summed E-state index contributed by atoms with van der Waals surface area (Å²) >= 11 is 0. The molecule has 6 rings (SSSR count). The summed E-state index contributed by atoms with van der Waals surface area (Å²) < 4.78 is 26.7. The van der Waals surface area contributed by atoms with E-state index in [1.54, 1.807) is 24.4 Å². The van der Waals surface area contributed by atoms with Crippen LogP contribution in [0.4, 0.5) is 4.39 Å². The third kappa shape index (κ3) is 4.44. The summed E-state index contributed by atoms with van der Waals surface area (Å²) in [5.74, 6) is 0.252. The first-order valence-corrected chi connectivity index (χ1v) is 13.0. The van der Waals surface area contributed by atoms with Gasteiger partial charge in [-0.25, -0.2) is 4.39 Å². The van der Waals surface area contributed by atoms with Crippen LogP contribution in [0.2, 0.25) is 0 Å². The van der Waals surface area contributed by atoms with Crippen LogP contribution in [0.3, 0.4) is 0 Å². The highest BCUT2D eigenvalue weighted by Crippen LogP contribution is 2.43. The van der Waals surface area contributed by atoms with E-state index in [4.69, 9.17) is 9.47 Å². The van der Waals surface area contributed by atoms with Gasteiger partial charge in [0.15, 0.2) is 0 Å². The maximum Gasteiger partial charge on any atom is 0.145 e. The summed E-state index contributed by atoms with van der Waals surface area (Å²) in [6, 6.07) is 38.5. The number of rotatable bonds is 7. The summed E-state index contributed by atoms with van der Waals surface area (Å²) in [7, 11) is 0. The molecule has 1 fully saturated rings. The minimum absolute atomic E-state index is 0.178. The number of fused-ring (bicyclic) bond motifs is 1. The Kier molecular flexibility index (Phi) is 6.86. The molecular formula is C33H29FN2O2. The Balaban J connectivity index is 1.36. The van der Waals surface area contributed by atoms with Crippen LogP contribution >= 0.6 is 0 Å². The first kappa shape index (κ1) is 24.3. The lowest BCUT2D eigenvalue weighted by atomic mass is 9.75. The highest BCUT2D eigenvalue weighted by molar-refractivity contribution is 5.84. The van der Waals surface area contributed by atoms with E-state index in [1.807, 2.05) is 0 Å². The highest BCUT2D eigenvalue weighted by atomic mass is 19.1. The molecule has 4 aromatic carbocycles. The summed E-state index contributed by atoms with van der Waals surface area (Å²) in [6.45, 7) is 2.33. The predicted octanol–water partition coefficient (Wildman–Crippen LogP) is 6.45. The smallest absolute Gasteiger partial charge is 0.145 e. The summed E-state index contributed by atoms with van der Waals surface area (Å²) in [6.07, 6.45) is 1.48. The normalized spacial score (nSPS) is 16.4. The number of aromatic nitrogens is 1. The molecule has 0 unspecified atom stereocenters. The van der Waals surface area contributed by atoms with Crippen LogP contribution in [0.1, 0.15) is 16.7 Å². The summed E-state index contributed by atoms with van der Waals surface area (Å²) in [5.41, 5.74) is 3.62. The van der Waals surface area contributed by atoms with Gasteiger partial charge in [0.25, 0.3) is 0 Å². The van der Waals surface area contributed by atoms with E-state index in [2.05, 4.69) is 101 Å². The van der Waals surface area contributed by atoms with E-state index in [0.717, 1.165) is 6.54 Å². The maximum absolute atomic E-state index is 14.3. The molecule has 0 aliphatic carbocycles. The second-order valence-electron chi connectivity index (χ2n) is 9.50. The largest absolute Gasteiger partial charge is 0.489 e. The molecule has 0 radical (unpaired) electrons. The Hall–Kier alpha value is -4.06. The average molecular weight is 505 g/mol. The number of morpholine rings is 1. The van der Waals surface area contributed by atoms with Crippen molar-refractivity contribution in [2.45, 2.75) is 11.6 Å². The Bertz CT molecular complexity index is 1400. The van der Waals surface area contributed by atoms with Gasteiger partial charge >= 0.3 is 0 Å². The number of halogens is 1. The van der Waals surface area contributed by atoms with Gasteiger partial charge in [0.1, 0.15) is 29.8 Å². The van der Waals surface area contributed by atoms with Gasteiger partial charge in [-0.15, -0.1) is 0 Å². The van der Waals surface area contributed by atoms with E-state index < -0.39 is 5.54 Å². The molecule has 38 heavy (non-hydrogen) atoms. The van der Waals surface area contributed by atoms with Crippen LogP contribution in [-0.4, -0.2) is 42.3 Å². The second-order valence-corrected chi connectivity index (χ2v) is 9.50. The fourth-order valence-electron chi connectivity index (χ4n) is 5.62. The molecule has 1 aliphatic heterocycles. The minimum atomic E-state index is -0.504. The molecule has 1 atom stereocenters. The van der Waals surface area contributed by atoms with Gasteiger partial charge in [0, 0.05) is 24.7 Å². The number of nitrogens with zero attached hydrogens (tertiary/aromatic N) is 2. The van der Waals surface area contributed by atoms with Crippen molar-refractivity contribution in [1.29, 1.82) is 0 Å². The van der Waals surface area contributed by atoms with Gasteiger partial charge in [-0.05, 0) is 41.0 Å². The van der Waals surface area contributed by atoms with Gasteiger partial charge in [-0.2, -0.15) is 0 Å². The zero-order valence-electron chi connectivity index (χ0n) is 21.0. The SMILES string of the molecule is Fc1ccc(OC[C@H]2CN(C(c3ccccc3)(c3ccccc3)c3ccccc3)CCO2)c2ncccc12. The Morgan fingerprint density at radius 2 is 1.39 bits per heavy atom. The van der Waals surface area contributed by atoms with Crippen molar-refractivity contribution in [3.8, 4) is 5.75 Å². The quantitative estimate of drug-likeness (QED) is 0.239. The van der Waals surface area contributed by atoms with Gasteiger partial charge < -0.3 is 9.47 Å². The molecular weight excluding hydrogens is 475 g/mol. The van der Waals surface area contributed by atoms with Crippen LogP contribution < -0.4 is 4.74 Å². The minimum Gasteiger partial charge on any atom is -0.489 e. The van der Waals surface area contributed by atoms with Gasteiger partial charge in [0.05, 0.1) is 12.1 Å². The van der Waals surface area contributed by atoms with Crippen LogP contribution in [0, 0.1) is 5.82 Å². The van der Waals surface area contributed by atoms with E-state index in [0.29, 0.717) is 36.4 Å². The fourth-order valence-corrected chi connectivity index (χ4v) is 5.62. The molecule has 0 spiro atoms. The number of hydrogen-bond donors (Lipinski definition) is 0. The number of hydrogen-bond acceptors (Lipinski definition) is 4. The van der Waals surface area contributed by atoms with E-state index in [1.165, 1.54) is 22.8 Å². The predicted molar refractivity (Wildman–Crippen MR) is 148 cm³/mol. The molecule has 5 aromatic rings. The number of ether oxygens (including phenoxy) is 2. The third-order valence-corrected chi connectivity index (χ3v) is 7.29. The second kappa shape index (κ2) is 10.7. The van der Waals surface area contributed by atoms with Crippen molar-refractivity contribution >= 4 is 10.9 Å². The Morgan fingerprint density at radius 3 is 2.00 bits per heavy atom. The van der Waals surface area contributed by atoms with Crippen molar-refractivity contribution in [3.05, 3.63) is 144 Å². The van der Waals surface area contributed by atoms with Crippen molar-refractivity contribution in [1.82, 2.24) is 9.88 Å². The molecule has 4 nitrogen and oxygen atoms in total. The van der Waals surface area contributed by atoms with E-state index in [-0.39, 0.29) is 11.9 Å². The summed E-state index contributed by atoms with van der Waals surface area (Å²) in [4.78, 5) is 6.87. The lowest BCUT2D eigenvalue weighted by Gasteiger charge is -2.48. The van der Waals surface area contributed by atoms with Crippen molar-refractivity contribution in [2.75, 3.05) is 26.3 Å². The number of pyridine rings is 1. The number of benzene rings is 4. The zero-order valence-corrected chi connectivity index (χ0v) is 21.0. The van der Waals surface area contributed by atoms with Gasteiger partial charge in [-0.1, -0.05) is 91.0 Å². The van der Waals surface area contributed by atoms with Gasteiger partial charge in [-0.3, -0.25) is 9.88 Å². The first-order valence-electron chi connectivity index (χ1n) is 13.0. The molecule has 1 aliphatic rings. The summed E-state index contributed by atoms with van der Waals surface area (Å²) in [5, 5.41) is 0.451. The Morgan fingerprint density at radius 1 is 0.789 bits per heavy atom. The zero-order chi connectivity index (χ0) is 25.8. The molecule has 0 amide bonds. The average Bonchev–Trinajstić information content (AvgIpc) is 2.99. The standard InChI is InChI=1S/C33H29FN2O2/c34-30-18-19-31(32-29(30)17-10-20-35-32)38-24-28-23-36(21-22-37-28)33(25-11-4-1-5-12-25,26-13-6-2-7-14-26)27-15-8-3-9-16-27/h1-20,28H,21-24H2/t28-/m1/s1. The molecule has 1 saturated heterocycles. The van der Waals surface area contributed by atoms with Crippen LogP contribution in [0.5, 0.6) is 5.75 Å². The topological polar surface area (TPSA) is 34.6 Å². The van der Waals surface area contributed by atoms with Crippen LogP contribution in [0.15, 0.2) is 121 Å². The fraction of sp³-hybridized carbons (Fsp3) is 0.182. The van der Waals surface area contributed by atoms with E-state index in [9.17, 15) is 4.39 Å². The maximum atomic E-state index is 14.3. The van der Waals surface area contributed by atoms with Crippen LogP contribution in [0.25, 0.3) is 10.9 Å². The molecule has 5 heteroatoms. The van der Waals surface area contributed by atoms with Crippen molar-refractivity contribution in [3.63, 3.8) is 0 Å². The monoisotopic (exact) mass is 504 g/mol. The third-order valence-electron chi connectivity index (χ3n) is 7.29. The molecule has 0 saturated carbocycles. The molecule has 2 heterocycles. The molecule has 0 bridgehead atoms. The Labute approximate surface area is 222 Å². The highest BCUT2D eigenvalue weighted by Gasteiger charge is 2.44. The molecule has 0 N–H and O–H groups in total. The lowest BCUT2D eigenvalue weighted by molar-refractivity contribution is -0.0693. The molecule has 1 aromatic heterocycles. The van der Waals surface area contributed by atoms with Crippen molar-refractivity contribution in [2.24, 2.45) is 0 Å². The van der Waals surface area contributed by atoms with E-state index >= 15 is 0 Å². The van der Waals surface area contributed by atoms with Crippen LogP contribution in [-0.2, 0) is 10.3 Å².